The van der Waals surface area contributed by atoms with Crippen molar-refractivity contribution < 1.29 is 4.74 Å². The first-order valence-electron chi connectivity index (χ1n) is 3.87. The minimum atomic E-state index is 0.464. The number of rotatable bonds is 2. The fourth-order valence-electron chi connectivity index (χ4n) is 0.777. The fourth-order valence-corrected chi connectivity index (χ4v) is 0.777. The highest BCUT2D eigenvalue weighted by molar-refractivity contribution is 5.35. The first kappa shape index (κ1) is 9.49. The van der Waals surface area contributed by atoms with Crippen LogP contribution in [0.1, 0.15) is 5.69 Å². The number of nitrogens with zero attached hydrogens (tertiary/aromatic N) is 2. The molecule has 0 unspecified atom stereocenters. The van der Waals surface area contributed by atoms with Crippen molar-refractivity contribution in [3.63, 3.8) is 0 Å². The molecular weight excluding hydrogens is 166 g/mol. The Hall–Kier alpha value is -1.60. The van der Waals surface area contributed by atoms with E-state index in [4.69, 9.17) is 4.74 Å². The van der Waals surface area contributed by atoms with Crippen molar-refractivity contribution in [3.8, 4) is 17.7 Å². The Labute approximate surface area is 77.4 Å². The molecule has 0 radical (unpaired) electrons. The third-order valence-corrected chi connectivity index (χ3v) is 1.33. The van der Waals surface area contributed by atoms with E-state index in [0.29, 0.717) is 18.1 Å². The van der Waals surface area contributed by atoms with E-state index in [1.54, 1.807) is 19.5 Å². The Kier molecular flexibility index (Phi) is 3.74. The predicted molar refractivity (Wildman–Crippen MR) is 49.4 cm³/mol. The van der Waals surface area contributed by atoms with Crippen LogP contribution in [0.5, 0.6) is 5.88 Å². The number of hydrogen-bond acceptors (Lipinski definition) is 4. The van der Waals surface area contributed by atoms with Crippen LogP contribution >= 0.6 is 0 Å². The van der Waals surface area contributed by atoms with Gasteiger partial charge in [0, 0.05) is 12.4 Å². The minimum Gasteiger partial charge on any atom is -0.479 e. The smallest absolute Gasteiger partial charge is 0.248 e. The molecule has 0 saturated carbocycles. The van der Waals surface area contributed by atoms with E-state index in [9.17, 15) is 0 Å². The van der Waals surface area contributed by atoms with Crippen LogP contribution in [-0.4, -0.2) is 30.7 Å². The Balaban J connectivity index is 2.82. The van der Waals surface area contributed by atoms with Gasteiger partial charge in [0.05, 0.1) is 13.7 Å². The van der Waals surface area contributed by atoms with Gasteiger partial charge in [0.25, 0.3) is 0 Å². The van der Waals surface area contributed by atoms with Crippen LogP contribution in [0.4, 0.5) is 0 Å². The van der Waals surface area contributed by atoms with Crippen LogP contribution in [0.3, 0.4) is 0 Å². The largest absolute Gasteiger partial charge is 0.479 e. The quantitative estimate of drug-likeness (QED) is 0.649. The van der Waals surface area contributed by atoms with Crippen LogP contribution in [0.2, 0.25) is 0 Å². The molecule has 0 fully saturated rings. The predicted octanol–water partition coefficient (Wildman–Crippen LogP) is 0.0561. The number of aromatic nitrogens is 2. The van der Waals surface area contributed by atoms with E-state index in [2.05, 4.69) is 27.1 Å². The SMILES string of the molecule is CNCC#Cc1nccnc1OC. The molecule has 0 aromatic carbocycles. The highest BCUT2D eigenvalue weighted by Crippen LogP contribution is 2.07. The molecule has 0 spiro atoms. The van der Waals surface area contributed by atoms with Gasteiger partial charge in [-0.15, -0.1) is 0 Å². The summed E-state index contributed by atoms with van der Waals surface area (Å²) in [4.78, 5) is 8.00. The molecule has 1 aromatic rings. The maximum atomic E-state index is 4.98. The molecule has 0 saturated heterocycles. The van der Waals surface area contributed by atoms with Crippen LogP contribution in [-0.2, 0) is 0 Å². The zero-order chi connectivity index (χ0) is 9.52. The van der Waals surface area contributed by atoms with Crippen LogP contribution in [0.25, 0.3) is 0 Å². The third-order valence-electron chi connectivity index (χ3n) is 1.33. The van der Waals surface area contributed by atoms with Crippen molar-refractivity contribution in [1.29, 1.82) is 0 Å². The summed E-state index contributed by atoms with van der Waals surface area (Å²) in [5.74, 6) is 6.20. The molecule has 0 aliphatic rings. The van der Waals surface area contributed by atoms with Gasteiger partial charge in [-0.1, -0.05) is 5.92 Å². The summed E-state index contributed by atoms with van der Waals surface area (Å²) < 4.78 is 4.98. The molecule has 0 aliphatic heterocycles. The summed E-state index contributed by atoms with van der Waals surface area (Å²) in [6.45, 7) is 0.625. The van der Waals surface area contributed by atoms with Gasteiger partial charge in [0.1, 0.15) is 0 Å². The summed E-state index contributed by atoms with van der Waals surface area (Å²) in [5.41, 5.74) is 0.570. The van der Waals surface area contributed by atoms with Crippen molar-refractivity contribution in [2.24, 2.45) is 0 Å². The van der Waals surface area contributed by atoms with Crippen LogP contribution in [0, 0.1) is 11.8 Å². The lowest BCUT2D eigenvalue weighted by molar-refractivity contribution is 0.394. The highest BCUT2D eigenvalue weighted by atomic mass is 16.5. The molecule has 1 heterocycles. The molecule has 0 bridgehead atoms. The standard InChI is InChI=1S/C9H11N3O/c1-10-5-3-4-8-9(13-2)12-7-6-11-8/h6-7,10H,5H2,1-2H3. The molecule has 0 amide bonds. The zero-order valence-corrected chi connectivity index (χ0v) is 7.66. The molecule has 4 heteroatoms. The second-order valence-electron chi connectivity index (χ2n) is 2.25. The molecule has 68 valence electrons. The average Bonchev–Trinajstić information content (AvgIpc) is 2.19. The second kappa shape index (κ2) is 5.12. The normalized spacial score (nSPS) is 8.77. The molecular formula is C9H11N3O. The van der Waals surface area contributed by atoms with Gasteiger partial charge < -0.3 is 10.1 Å². The van der Waals surface area contributed by atoms with Gasteiger partial charge >= 0.3 is 0 Å². The van der Waals surface area contributed by atoms with Crippen molar-refractivity contribution in [2.45, 2.75) is 0 Å². The third kappa shape index (κ3) is 2.73. The van der Waals surface area contributed by atoms with E-state index in [-0.39, 0.29) is 0 Å². The molecule has 1 rings (SSSR count). The van der Waals surface area contributed by atoms with E-state index in [1.165, 1.54) is 0 Å². The van der Waals surface area contributed by atoms with Gasteiger partial charge in [0.15, 0.2) is 5.69 Å². The van der Waals surface area contributed by atoms with Gasteiger partial charge in [-0.2, -0.15) is 0 Å². The Bertz CT molecular complexity index is 327. The Morgan fingerprint density at radius 1 is 1.46 bits per heavy atom. The summed E-state index contributed by atoms with van der Waals surface area (Å²) in [6, 6.07) is 0. The molecule has 1 N–H and O–H groups in total. The maximum absolute atomic E-state index is 4.98. The first-order chi connectivity index (χ1) is 6.38. The Morgan fingerprint density at radius 2 is 2.23 bits per heavy atom. The van der Waals surface area contributed by atoms with Crippen molar-refractivity contribution in [3.05, 3.63) is 18.1 Å². The lowest BCUT2D eigenvalue weighted by atomic mass is 10.4. The lowest BCUT2D eigenvalue weighted by Gasteiger charge is -1.98. The van der Waals surface area contributed by atoms with Crippen molar-refractivity contribution in [2.75, 3.05) is 20.7 Å². The monoisotopic (exact) mass is 177 g/mol. The molecule has 0 aliphatic carbocycles. The maximum Gasteiger partial charge on any atom is 0.248 e. The number of methoxy groups -OCH3 is 1. The lowest BCUT2D eigenvalue weighted by Crippen LogP contribution is -2.04. The van der Waals surface area contributed by atoms with E-state index in [0.717, 1.165) is 0 Å². The van der Waals surface area contributed by atoms with E-state index < -0.39 is 0 Å². The molecule has 0 atom stereocenters. The van der Waals surface area contributed by atoms with Crippen molar-refractivity contribution >= 4 is 0 Å². The van der Waals surface area contributed by atoms with Gasteiger partial charge in [-0.25, -0.2) is 9.97 Å². The van der Waals surface area contributed by atoms with E-state index >= 15 is 0 Å². The summed E-state index contributed by atoms with van der Waals surface area (Å²) >= 11 is 0. The van der Waals surface area contributed by atoms with Crippen LogP contribution < -0.4 is 10.1 Å². The molecule has 1 aromatic heterocycles. The molecule has 4 nitrogen and oxygen atoms in total. The minimum absolute atomic E-state index is 0.464. The summed E-state index contributed by atoms with van der Waals surface area (Å²) in [7, 11) is 3.38. The number of ether oxygens (including phenoxy) is 1. The number of hydrogen-bond donors (Lipinski definition) is 1. The van der Waals surface area contributed by atoms with Gasteiger partial charge in [0.2, 0.25) is 5.88 Å². The summed E-state index contributed by atoms with van der Waals surface area (Å²) in [6.07, 6.45) is 3.16. The number of nitrogens with one attached hydrogen (secondary N) is 1. The zero-order valence-electron chi connectivity index (χ0n) is 7.66. The van der Waals surface area contributed by atoms with Crippen molar-refractivity contribution in [1.82, 2.24) is 15.3 Å². The fraction of sp³-hybridized carbons (Fsp3) is 0.333. The summed E-state index contributed by atoms with van der Waals surface area (Å²) in [5, 5.41) is 2.91. The van der Waals surface area contributed by atoms with E-state index in [1.807, 2.05) is 7.05 Å². The van der Waals surface area contributed by atoms with Gasteiger partial charge in [-0.3, -0.25) is 0 Å². The Morgan fingerprint density at radius 3 is 2.92 bits per heavy atom. The average molecular weight is 177 g/mol. The second-order valence-corrected chi connectivity index (χ2v) is 2.25. The van der Waals surface area contributed by atoms with Crippen LogP contribution in [0.15, 0.2) is 12.4 Å². The molecule has 13 heavy (non-hydrogen) atoms. The highest BCUT2D eigenvalue weighted by Gasteiger charge is 1.99. The van der Waals surface area contributed by atoms with Gasteiger partial charge in [-0.05, 0) is 13.0 Å². The topological polar surface area (TPSA) is 47.0 Å². The first-order valence-corrected chi connectivity index (χ1v) is 3.87.